The number of ether oxygens (including phenoxy) is 2. The Labute approximate surface area is 144 Å². The standard InChI is InChI=1S/C15H27NO4.C2H4O2/c1-3-8-13(17)19-14(4-2)20-15(18)16-11-12-9-6-5-7-10-12;1-2(3)4/h12,14H,3-11H2,1-2H3,(H,16,18);1H3,(H,3,4). The van der Waals surface area contributed by atoms with Gasteiger partial charge in [-0.15, -0.1) is 0 Å². The second-order valence-electron chi connectivity index (χ2n) is 5.89. The summed E-state index contributed by atoms with van der Waals surface area (Å²) in [5, 5.41) is 10.2. The molecule has 0 radical (unpaired) electrons. The summed E-state index contributed by atoms with van der Waals surface area (Å²) < 4.78 is 10.2. The van der Waals surface area contributed by atoms with E-state index < -0.39 is 18.4 Å². The molecule has 2 N–H and O–H groups in total. The van der Waals surface area contributed by atoms with Crippen molar-refractivity contribution in [2.75, 3.05) is 6.54 Å². The third-order valence-electron chi connectivity index (χ3n) is 3.55. The molecule has 7 nitrogen and oxygen atoms in total. The van der Waals surface area contributed by atoms with Gasteiger partial charge in [-0.3, -0.25) is 9.59 Å². The zero-order chi connectivity index (χ0) is 18.4. The summed E-state index contributed by atoms with van der Waals surface area (Å²) in [6.07, 6.45) is 6.39. The summed E-state index contributed by atoms with van der Waals surface area (Å²) >= 11 is 0. The number of esters is 1. The van der Waals surface area contributed by atoms with E-state index in [2.05, 4.69) is 5.32 Å². The van der Waals surface area contributed by atoms with E-state index in [1.165, 1.54) is 32.1 Å². The fourth-order valence-electron chi connectivity index (χ4n) is 2.38. The monoisotopic (exact) mass is 345 g/mol. The molecule has 0 aromatic carbocycles. The molecule has 1 rings (SSSR count). The minimum Gasteiger partial charge on any atom is -0.481 e. The van der Waals surface area contributed by atoms with Gasteiger partial charge in [0.05, 0.1) is 0 Å². The molecule has 0 aromatic heterocycles. The molecule has 0 spiro atoms. The van der Waals surface area contributed by atoms with Crippen LogP contribution in [0.4, 0.5) is 4.79 Å². The number of carboxylic acids is 1. The largest absolute Gasteiger partial charge is 0.481 e. The minimum absolute atomic E-state index is 0.320. The Morgan fingerprint density at radius 3 is 2.21 bits per heavy atom. The zero-order valence-electron chi connectivity index (χ0n) is 15.0. The lowest BCUT2D eigenvalue weighted by Gasteiger charge is -2.22. The van der Waals surface area contributed by atoms with Crippen LogP contribution in [0.15, 0.2) is 0 Å². The van der Waals surface area contributed by atoms with E-state index in [1.54, 1.807) is 0 Å². The Balaban J connectivity index is 0.00000118. The highest BCUT2D eigenvalue weighted by Gasteiger charge is 2.18. The number of hydrogen-bond acceptors (Lipinski definition) is 5. The van der Waals surface area contributed by atoms with Crippen LogP contribution in [0.5, 0.6) is 0 Å². The van der Waals surface area contributed by atoms with Crippen LogP contribution >= 0.6 is 0 Å². The topological polar surface area (TPSA) is 102 Å². The van der Waals surface area contributed by atoms with Crippen LogP contribution in [0.25, 0.3) is 0 Å². The Bertz CT molecular complexity index is 375. The summed E-state index contributed by atoms with van der Waals surface area (Å²) in [6.45, 7) is 5.45. The second kappa shape index (κ2) is 13.6. The summed E-state index contributed by atoms with van der Waals surface area (Å²) in [5.41, 5.74) is 0. The number of rotatable bonds is 7. The number of amides is 1. The van der Waals surface area contributed by atoms with E-state index in [0.29, 0.717) is 25.3 Å². The lowest BCUT2D eigenvalue weighted by molar-refractivity contribution is -0.168. The smallest absolute Gasteiger partial charge is 0.410 e. The number of nitrogens with one attached hydrogen (secondary N) is 1. The van der Waals surface area contributed by atoms with Crippen molar-refractivity contribution >= 4 is 18.0 Å². The predicted octanol–water partition coefficient (Wildman–Crippen LogP) is 3.46. The van der Waals surface area contributed by atoms with E-state index >= 15 is 0 Å². The van der Waals surface area contributed by atoms with Gasteiger partial charge < -0.3 is 19.9 Å². The molecule has 0 aromatic rings. The molecule has 1 aliphatic carbocycles. The molecule has 1 aliphatic rings. The summed E-state index contributed by atoms with van der Waals surface area (Å²) in [5.74, 6) is -0.599. The lowest BCUT2D eigenvalue weighted by atomic mass is 9.89. The van der Waals surface area contributed by atoms with Crippen molar-refractivity contribution in [2.45, 2.75) is 78.4 Å². The normalized spacial score (nSPS) is 15.5. The second-order valence-corrected chi connectivity index (χ2v) is 5.89. The maximum Gasteiger partial charge on any atom is 0.410 e. The summed E-state index contributed by atoms with van der Waals surface area (Å²) in [7, 11) is 0. The van der Waals surface area contributed by atoms with Gasteiger partial charge in [-0.1, -0.05) is 33.1 Å². The molecule has 24 heavy (non-hydrogen) atoms. The van der Waals surface area contributed by atoms with Crippen molar-refractivity contribution in [3.05, 3.63) is 0 Å². The SMILES string of the molecule is CC(=O)O.CCCC(=O)OC(CC)OC(=O)NCC1CCCCC1. The van der Waals surface area contributed by atoms with Gasteiger partial charge >= 0.3 is 12.1 Å². The van der Waals surface area contributed by atoms with E-state index in [9.17, 15) is 9.59 Å². The quantitative estimate of drug-likeness (QED) is 0.541. The Kier molecular flexibility index (Phi) is 12.6. The maximum absolute atomic E-state index is 11.7. The highest BCUT2D eigenvalue weighted by atomic mass is 16.7. The average molecular weight is 345 g/mol. The van der Waals surface area contributed by atoms with E-state index in [1.807, 2.05) is 13.8 Å². The van der Waals surface area contributed by atoms with Crippen LogP contribution < -0.4 is 5.32 Å². The number of carboxylic acid groups (broad SMARTS) is 1. The highest BCUT2D eigenvalue weighted by molar-refractivity contribution is 5.70. The van der Waals surface area contributed by atoms with Crippen LogP contribution in [0.1, 0.15) is 72.1 Å². The van der Waals surface area contributed by atoms with E-state index in [-0.39, 0.29) is 5.97 Å². The molecular weight excluding hydrogens is 314 g/mol. The molecule has 0 aliphatic heterocycles. The number of alkyl carbamates (subject to hydrolysis) is 1. The van der Waals surface area contributed by atoms with Gasteiger partial charge in [0.2, 0.25) is 6.29 Å². The van der Waals surface area contributed by atoms with Crippen molar-refractivity contribution < 1.29 is 29.0 Å². The van der Waals surface area contributed by atoms with Gasteiger partial charge in [0.15, 0.2) is 0 Å². The number of carbonyl (C=O) groups excluding carboxylic acids is 2. The summed E-state index contributed by atoms with van der Waals surface area (Å²) in [6, 6.07) is 0. The van der Waals surface area contributed by atoms with Gasteiger partial charge in [0.1, 0.15) is 0 Å². The van der Waals surface area contributed by atoms with Crippen LogP contribution in [0.2, 0.25) is 0 Å². The first-order valence-electron chi connectivity index (χ1n) is 8.72. The van der Waals surface area contributed by atoms with Gasteiger partial charge in [-0.2, -0.15) is 0 Å². The van der Waals surface area contributed by atoms with E-state index in [0.717, 1.165) is 13.3 Å². The lowest BCUT2D eigenvalue weighted by Crippen LogP contribution is -2.34. The molecule has 7 heteroatoms. The van der Waals surface area contributed by atoms with Crippen LogP contribution in [0, 0.1) is 5.92 Å². The molecule has 1 atom stereocenters. The molecular formula is C17H31NO6. The molecule has 1 amide bonds. The number of carbonyl (C=O) groups is 3. The zero-order valence-corrected chi connectivity index (χ0v) is 15.0. The number of aliphatic carboxylic acids is 1. The van der Waals surface area contributed by atoms with Crippen LogP contribution in [-0.2, 0) is 19.1 Å². The van der Waals surface area contributed by atoms with Crippen LogP contribution in [-0.4, -0.2) is 36.0 Å². The highest BCUT2D eigenvalue weighted by Crippen LogP contribution is 2.22. The molecule has 1 unspecified atom stereocenters. The molecule has 1 saturated carbocycles. The summed E-state index contributed by atoms with van der Waals surface area (Å²) in [4.78, 5) is 32.0. The van der Waals surface area contributed by atoms with Crippen LogP contribution in [0.3, 0.4) is 0 Å². The Hall–Kier alpha value is -1.79. The average Bonchev–Trinajstić information content (AvgIpc) is 2.53. The third kappa shape index (κ3) is 12.7. The number of hydrogen-bond donors (Lipinski definition) is 2. The molecule has 0 bridgehead atoms. The molecule has 140 valence electrons. The molecule has 1 fully saturated rings. The van der Waals surface area contributed by atoms with E-state index in [4.69, 9.17) is 19.4 Å². The fourth-order valence-corrected chi connectivity index (χ4v) is 2.38. The minimum atomic E-state index is -0.833. The first-order valence-corrected chi connectivity index (χ1v) is 8.72. The Morgan fingerprint density at radius 1 is 1.12 bits per heavy atom. The molecule has 0 saturated heterocycles. The van der Waals surface area contributed by atoms with Crippen molar-refractivity contribution in [1.82, 2.24) is 5.32 Å². The third-order valence-corrected chi connectivity index (χ3v) is 3.55. The van der Waals surface area contributed by atoms with Gasteiger partial charge in [-0.05, 0) is 25.2 Å². The first-order chi connectivity index (χ1) is 11.4. The van der Waals surface area contributed by atoms with Crippen molar-refractivity contribution in [3.8, 4) is 0 Å². The van der Waals surface area contributed by atoms with Gasteiger partial charge in [-0.25, -0.2) is 4.79 Å². The van der Waals surface area contributed by atoms with Crippen molar-refractivity contribution in [2.24, 2.45) is 5.92 Å². The fraction of sp³-hybridized carbons (Fsp3) is 0.824. The first kappa shape index (κ1) is 22.2. The van der Waals surface area contributed by atoms with Crippen molar-refractivity contribution in [1.29, 1.82) is 0 Å². The predicted molar refractivity (Wildman–Crippen MR) is 89.4 cm³/mol. The molecule has 0 heterocycles. The maximum atomic E-state index is 11.7. The Morgan fingerprint density at radius 2 is 1.71 bits per heavy atom. The van der Waals surface area contributed by atoms with Gasteiger partial charge in [0.25, 0.3) is 5.97 Å². The van der Waals surface area contributed by atoms with Gasteiger partial charge in [0, 0.05) is 26.3 Å². The van der Waals surface area contributed by atoms with Crippen molar-refractivity contribution in [3.63, 3.8) is 0 Å².